The monoisotopic (exact) mass is 341 g/mol. The molecular formula is C19H27N5O. The maximum Gasteiger partial charge on any atom is 0.321 e. The Balaban J connectivity index is 1.62. The predicted octanol–water partition coefficient (Wildman–Crippen LogP) is 3.75. The second-order valence-electron chi connectivity index (χ2n) is 7.85. The molecular weight excluding hydrogens is 314 g/mol. The smallest absolute Gasteiger partial charge is 0.321 e. The first-order chi connectivity index (χ1) is 11.8. The SMILES string of the molecule is Cc1cnn(C2CCCN(C(=O)Nc3ccc(C(C)(C)C)nc3)C2)c1. The Morgan fingerprint density at radius 1 is 1.28 bits per heavy atom. The second kappa shape index (κ2) is 6.86. The van der Waals surface area contributed by atoms with Crippen molar-refractivity contribution in [3.63, 3.8) is 0 Å². The van der Waals surface area contributed by atoms with E-state index < -0.39 is 0 Å². The first-order valence-electron chi connectivity index (χ1n) is 8.86. The maximum atomic E-state index is 12.6. The van der Waals surface area contributed by atoms with Gasteiger partial charge in [0.2, 0.25) is 0 Å². The Morgan fingerprint density at radius 3 is 2.68 bits per heavy atom. The highest BCUT2D eigenvalue weighted by atomic mass is 16.2. The van der Waals surface area contributed by atoms with Gasteiger partial charge in [-0.3, -0.25) is 9.67 Å². The molecule has 1 aliphatic heterocycles. The number of carbonyl (C=O) groups excluding carboxylic acids is 1. The second-order valence-corrected chi connectivity index (χ2v) is 7.85. The number of aryl methyl sites for hydroxylation is 1. The molecule has 2 aromatic rings. The van der Waals surface area contributed by atoms with Crippen molar-refractivity contribution >= 4 is 11.7 Å². The highest BCUT2D eigenvalue weighted by molar-refractivity contribution is 5.89. The summed E-state index contributed by atoms with van der Waals surface area (Å²) >= 11 is 0. The molecule has 0 spiro atoms. The van der Waals surface area contributed by atoms with Gasteiger partial charge >= 0.3 is 6.03 Å². The number of anilines is 1. The van der Waals surface area contributed by atoms with E-state index in [1.54, 1.807) is 6.20 Å². The normalized spacial score (nSPS) is 18.2. The number of hydrogen-bond donors (Lipinski definition) is 1. The number of piperidine rings is 1. The zero-order valence-electron chi connectivity index (χ0n) is 15.5. The zero-order chi connectivity index (χ0) is 18.0. The van der Waals surface area contributed by atoms with Gasteiger partial charge in [-0.1, -0.05) is 20.8 Å². The Labute approximate surface area is 149 Å². The number of nitrogens with one attached hydrogen (secondary N) is 1. The summed E-state index contributed by atoms with van der Waals surface area (Å²) in [6.07, 6.45) is 7.67. The third-order valence-electron chi connectivity index (χ3n) is 4.57. The van der Waals surface area contributed by atoms with Crippen molar-refractivity contribution in [1.82, 2.24) is 19.7 Å². The first-order valence-corrected chi connectivity index (χ1v) is 8.86. The van der Waals surface area contributed by atoms with Crippen LogP contribution in [0, 0.1) is 6.92 Å². The molecule has 1 atom stereocenters. The highest BCUT2D eigenvalue weighted by Crippen LogP contribution is 2.23. The third-order valence-corrected chi connectivity index (χ3v) is 4.57. The van der Waals surface area contributed by atoms with Gasteiger partial charge in [0.05, 0.1) is 24.1 Å². The minimum absolute atomic E-state index is 0.00449. The van der Waals surface area contributed by atoms with E-state index in [2.05, 4.69) is 36.2 Å². The lowest BCUT2D eigenvalue weighted by Gasteiger charge is -2.32. The van der Waals surface area contributed by atoms with Gasteiger partial charge in [-0.2, -0.15) is 5.10 Å². The highest BCUT2D eigenvalue weighted by Gasteiger charge is 2.25. The standard InChI is InChI=1S/C19H27N5O/c1-14-10-21-24(12-14)16-6-5-9-23(13-16)18(25)22-15-7-8-17(20-11-15)19(2,3)4/h7-8,10-12,16H,5-6,9,13H2,1-4H3,(H,22,25). The van der Waals surface area contributed by atoms with Crippen LogP contribution in [0.1, 0.15) is 50.9 Å². The van der Waals surface area contributed by atoms with Crippen LogP contribution in [0.4, 0.5) is 10.5 Å². The number of pyridine rings is 1. The fourth-order valence-electron chi connectivity index (χ4n) is 3.10. The summed E-state index contributed by atoms with van der Waals surface area (Å²) in [6, 6.07) is 4.07. The quantitative estimate of drug-likeness (QED) is 0.905. The molecule has 1 unspecified atom stereocenters. The summed E-state index contributed by atoms with van der Waals surface area (Å²) in [7, 11) is 0. The van der Waals surface area contributed by atoms with Gasteiger partial charge in [-0.15, -0.1) is 0 Å². The van der Waals surface area contributed by atoms with E-state index in [4.69, 9.17) is 0 Å². The van der Waals surface area contributed by atoms with Gasteiger partial charge < -0.3 is 10.2 Å². The van der Waals surface area contributed by atoms with E-state index in [9.17, 15) is 4.79 Å². The van der Waals surface area contributed by atoms with Crippen LogP contribution in [0.5, 0.6) is 0 Å². The molecule has 25 heavy (non-hydrogen) atoms. The first kappa shape index (κ1) is 17.5. The van der Waals surface area contributed by atoms with Gasteiger partial charge in [0.25, 0.3) is 0 Å². The Hall–Kier alpha value is -2.37. The average molecular weight is 341 g/mol. The van der Waals surface area contributed by atoms with Crippen LogP contribution in [-0.2, 0) is 5.41 Å². The molecule has 0 saturated carbocycles. The molecule has 6 nitrogen and oxygen atoms in total. The number of nitrogens with zero attached hydrogens (tertiary/aromatic N) is 4. The van der Waals surface area contributed by atoms with E-state index in [0.29, 0.717) is 6.54 Å². The summed E-state index contributed by atoms with van der Waals surface area (Å²) < 4.78 is 1.98. The lowest BCUT2D eigenvalue weighted by molar-refractivity contribution is 0.175. The summed E-state index contributed by atoms with van der Waals surface area (Å²) in [5, 5.41) is 7.36. The van der Waals surface area contributed by atoms with Crippen LogP contribution in [0.3, 0.4) is 0 Å². The van der Waals surface area contributed by atoms with E-state index in [1.165, 1.54) is 0 Å². The van der Waals surface area contributed by atoms with Crippen molar-refractivity contribution in [2.45, 2.75) is 52.0 Å². The number of amides is 2. The number of likely N-dealkylation sites (tertiary alicyclic amines) is 1. The van der Waals surface area contributed by atoms with Gasteiger partial charge in [-0.25, -0.2) is 4.79 Å². The molecule has 1 fully saturated rings. The Bertz CT molecular complexity index is 729. The van der Waals surface area contributed by atoms with Crippen LogP contribution >= 0.6 is 0 Å². The lowest BCUT2D eigenvalue weighted by atomic mass is 9.92. The molecule has 3 heterocycles. The molecule has 134 valence electrons. The van der Waals surface area contributed by atoms with Gasteiger partial charge in [-0.05, 0) is 37.5 Å². The largest absolute Gasteiger partial charge is 0.322 e. The van der Waals surface area contributed by atoms with Gasteiger partial charge in [0.1, 0.15) is 0 Å². The summed E-state index contributed by atoms with van der Waals surface area (Å²) in [4.78, 5) is 18.9. The molecule has 1 N–H and O–H groups in total. The van der Waals surface area contributed by atoms with Crippen LogP contribution < -0.4 is 5.32 Å². The van der Waals surface area contributed by atoms with Crippen LogP contribution in [0.15, 0.2) is 30.7 Å². The van der Waals surface area contributed by atoms with Crippen molar-refractivity contribution in [1.29, 1.82) is 0 Å². The predicted molar refractivity (Wildman–Crippen MR) is 98.8 cm³/mol. The number of urea groups is 1. The van der Waals surface area contributed by atoms with Crippen LogP contribution in [0.2, 0.25) is 0 Å². The van der Waals surface area contributed by atoms with Crippen LogP contribution in [-0.4, -0.2) is 38.8 Å². The molecule has 2 aromatic heterocycles. The van der Waals surface area contributed by atoms with Crippen molar-refractivity contribution < 1.29 is 4.79 Å². The fraction of sp³-hybridized carbons (Fsp3) is 0.526. The molecule has 1 saturated heterocycles. The minimum atomic E-state index is -0.0705. The minimum Gasteiger partial charge on any atom is -0.322 e. The number of aromatic nitrogens is 3. The number of rotatable bonds is 2. The Morgan fingerprint density at radius 2 is 2.08 bits per heavy atom. The van der Waals surface area contributed by atoms with Crippen molar-refractivity contribution in [3.8, 4) is 0 Å². The summed E-state index contributed by atoms with van der Waals surface area (Å²) in [5.41, 5.74) is 2.89. The number of hydrogen-bond acceptors (Lipinski definition) is 3. The lowest BCUT2D eigenvalue weighted by Crippen LogP contribution is -2.43. The van der Waals surface area contributed by atoms with Crippen molar-refractivity contribution in [2.75, 3.05) is 18.4 Å². The summed E-state index contributed by atoms with van der Waals surface area (Å²) in [6.45, 7) is 9.86. The molecule has 0 aliphatic carbocycles. The molecule has 1 aliphatic rings. The van der Waals surface area contributed by atoms with Gasteiger partial charge in [0.15, 0.2) is 0 Å². The fourth-order valence-corrected chi connectivity index (χ4v) is 3.10. The third kappa shape index (κ3) is 4.18. The topological polar surface area (TPSA) is 63.1 Å². The molecule has 2 amide bonds. The van der Waals surface area contributed by atoms with E-state index in [0.717, 1.165) is 36.3 Å². The van der Waals surface area contributed by atoms with Crippen LogP contribution in [0.25, 0.3) is 0 Å². The van der Waals surface area contributed by atoms with Gasteiger partial charge in [0, 0.05) is 30.4 Å². The number of carbonyl (C=O) groups is 1. The van der Waals surface area contributed by atoms with E-state index >= 15 is 0 Å². The summed E-state index contributed by atoms with van der Waals surface area (Å²) in [5.74, 6) is 0. The average Bonchev–Trinajstić information content (AvgIpc) is 3.01. The molecule has 0 aromatic carbocycles. The molecule has 0 radical (unpaired) electrons. The van der Waals surface area contributed by atoms with Crippen molar-refractivity contribution in [2.24, 2.45) is 0 Å². The van der Waals surface area contributed by atoms with Crippen molar-refractivity contribution in [3.05, 3.63) is 42.0 Å². The maximum absolute atomic E-state index is 12.6. The Kier molecular flexibility index (Phi) is 4.79. The van der Waals surface area contributed by atoms with E-state index in [1.807, 2.05) is 41.0 Å². The molecule has 6 heteroatoms. The molecule has 0 bridgehead atoms. The van der Waals surface area contributed by atoms with E-state index in [-0.39, 0.29) is 17.5 Å². The molecule has 3 rings (SSSR count). The zero-order valence-corrected chi connectivity index (χ0v) is 15.5.